The van der Waals surface area contributed by atoms with E-state index in [-0.39, 0.29) is 48.7 Å². The Labute approximate surface area is 197 Å². The molecule has 30 heavy (non-hydrogen) atoms. The van der Waals surface area contributed by atoms with E-state index in [1.54, 1.807) is 26.0 Å². The summed E-state index contributed by atoms with van der Waals surface area (Å²) in [7, 11) is 1.79. The molecule has 0 radical (unpaired) electrons. The predicted octanol–water partition coefficient (Wildman–Crippen LogP) is 1.54. The fourth-order valence-electron chi connectivity index (χ4n) is 3.63. The molecule has 1 aliphatic rings. The van der Waals surface area contributed by atoms with Crippen LogP contribution in [0.5, 0.6) is 0 Å². The minimum Gasteiger partial charge on any atom is -0.355 e. The van der Waals surface area contributed by atoms with Crippen LogP contribution >= 0.6 is 24.0 Å². The Morgan fingerprint density at radius 2 is 1.77 bits per heavy atom. The molecule has 1 aromatic carbocycles. The van der Waals surface area contributed by atoms with Gasteiger partial charge in [-0.05, 0) is 18.4 Å². The molecule has 1 aromatic rings. The molecule has 1 saturated carbocycles. The predicted molar refractivity (Wildman–Crippen MR) is 131 cm³/mol. The van der Waals surface area contributed by atoms with Crippen LogP contribution in [0.1, 0.15) is 31.2 Å². The summed E-state index contributed by atoms with van der Waals surface area (Å²) in [6.07, 6.45) is 3.79. The van der Waals surface area contributed by atoms with Crippen molar-refractivity contribution in [3.8, 4) is 0 Å². The van der Waals surface area contributed by atoms with Crippen LogP contribution in [0.2, 0.25) is 0 Å². The molecule has 0 saturated heterocycles. The quantitative estimate of drug-likeness (QED) is 0.246. The third-order valence-electron chi connectivity index (χ3n) is 5.24. The number of amides is 1. The number of benzene rings is 1. The van der Waals surface area contributed by atoms with Crippen molar-refractivity contribution in [2.45, 2.75) is 32.2 Å². The number of nitrogens with zero attached hydrogens (tertiary/aromatic N) is 2. The lowest BCUT2D eigenvalue weighted by atomic mass is 9.84. The van der Waals surface area contributed by atoms with Gasteiger partial charge in [0.05, 0.1) is 11.2 Å². The van der Waals surface area contributed by atoms with Crippen LogP contribution in [-0.4, -0.2) is 65.2 Å². The number of guanidine groups is 1. The van der Waals surface area contributed by atoms with Gasteiger partial charge in [-0.2, -0.15) is 0 Å². The van der Waals surface area contributed by atoms with Gasteiger partial charge in [0.25, 0.3) is 0 Å². The van der Waals surface area contributed by atoms with Gasteiger partial charge in [-0.15, -0.1) is 24.0 Å². The molecule has 0 bridgehead atoms. The van der Waals surface area contributed by atoms with Crippen molar-refractivity contribution in [1.82, 2.24) is 20.3 Å². The van der Waals surface area contributed by atoms with Crippen molar-refractivity contribution < 1.29 is 13.2 Å². The third kappa shape index (κ3) is 8.03. The largest absolute Gasteiger partial charge is 0.355 e. The molecule has 1 fully saturated rings. The molecule has 0 aliphatic heterocycles. The number of carbonyl (C=O) groups is 1. The van der Waals surface area contributed by atoms with Gasteiger partial charge in [-0.1, -0.05) is 43.2 Å². The molecule has 0 atom stereocenters. The number of rotatable bonds is 9. The molecule has 1 aliphatic carbocycles. The Morgan fingerprint density at radius 3 is 2.33 bits per heavy atom. The van der Waals surface area contributed by atoms with E-state index in [4.69, 9.17) is 0 Å². The topological polar surface area (TPSA) is 103 Å². The van der Waals surface area contributed by atoms with E-state index < -0.39 is 15.4 Å². The highest BCUT2D eigenvalue weighted by atomic mass is 127. The minimum atomic E-state index is -3.41. The first-order chi connectivity index (χ1) is 13.8. The average molecular weight is 551 g/mol. The van der Waals surface area contributed by atoms with Gasteiger partial charge in [-0.3, -0.25) is 9.79 Å². The summed E-state index contributed by atoms with van der Waals surface area (Å²) in [5.74, 6) is 0.564. The summed E-state index contributed by atoms with van der Waals surface area (Å²) in [6.45, 7) is 0.979. The molecule has 1 amide bonds. The highest BCUT2D eigenvalue weighted by Crippen LogP contribution is 2.38. The number of halogens is 1. The van der Waals surface area contributed by atoms with Gasteiger partial charge in [0, 0.05) is 40.8 Å². The molecule has 0 aromatic heterocycles. The van der Waals surface area contributed by atoms with Crippen molar-refractivity contribution >= 4 is 45.9 Å². The van der Waals surface area contributed by atoms with Gasteiger partial charge in [-0.25, -0.2) is 13.1 Å². The molecule has 3 N–H and O–H groups in total. The maximum atomic E-state index is 12.6. The summed E-state index contributed by atoms with van der Waals surface area (Å²) in [5.41, 5.74) is 0.499. The number of nitrogens with one attached hydrogen (secondary N) is 3. The number of hydrogen-bond donors (Lipinski definition) is 3. The Morgan fingerprint density at radius 1 is 1.13 bits per heavy atom. The van der Waals surface area contributed by atoms with Crippen LogP contribution in [0.15, 0.2) is 35.3 Å². The molecule has 10 heteroatoms. The lowest BCUT2D eigenvalue weighted by Gasteiger charge is -2.31. The fraction of sp³-hybridized carbons (Fsp3) is 0.600. The number of aliphatic imine (C=N–C) groups is 1. The first-order valence-electron chi connectivity index (χ1n) is 9.95. The molecule has 0 unspecified atom stereocenters. The standard InChI is InChI=1S/C20H33N5O3S.HI/c1-21-19(23-16-20(11-7-8-12-20)18(26)25(2)3)22-13-14-29(27,28)24-15-17-9-5-4-6-10-17;/h4-6,9-10,24H,7-8,11-16H2,1-3H3,(H2,21,22,23);1H. The molecule has 2 rings (SSSR count). The van der Waals surface area contributed by atoms with Crippen LogP contribution in [0.25, 0.3) is 0 Å². The smallest absolute Gasteiger partial charge is 0.230 e. The molecular formula is C20H34IN5O3S. The molecule has 170 valence electrons. The van der Waals surface area contributed by atoms with Crippen LogP contribution < -0.4 is 15.4 Å². The first kappa shape index (κ1) is 26.6. The Bertz CT molecular complexity index is 794. The Hall–Kier alpha value is -1.40. The van der Waals surface area contributed by atoms with Crippen LogP contribution in [0.3, 0.4) is 0 Å². The molecule has 0 spiro atoms. The van der Waals surface area contributed by atoms with E-state index in [9.17, 15) is 13.2 Å². The second kappa shape index (κ2) is 12.5. The van der Waals surface area contributed by atoms with E-state index in [2.05, 4.69) is 20.3 Å². The normalized spacial score (nSPS) is 15.9. The van der Waals surface area contributed by atoms with Gasteiger partial charge in [0.1, 0.15) is 0 Å². The van der Waals surface area contributed by atoms with Gasteiger partial charge in [0.15, 0.2) is 5.96 Å². The Kier molecular flexibility index (Phi) is 11.1. The number of sulfonamides is 1. The summed E-state index contributed by atoms with van der Waals surface area (Å²) in [6, 6.07) is 9.39. The van der Waals surface area contributed by atoms with Crippen molar-refractivity contribution in [2.24, 2.45) is 10.4 Å². The van der Waals surface area contributed by atoms with E-state index in [0.717, 1.165) is 31.2 Å². The highest BCUT2D eigenvalue weighted by Gasteiger charge is 2.42. The molecular weight excluding hydrogens is 517 g/mol. The summed E-state index contributed by atoms with van der Waals surface area (Å²) in [4.78, 5) is 18.4. The Balaban J connectivity index is 0.00000450. The number of hydrogen-bond acceptors (Lipinski definition) is 4. The van der Waals surface area contributed by atoms with Crippen molar-refractivity contribution in [2.75, 3.05) is 40.0 Å². The first-order valence-corrected chi connectivity index (χ1v) is 11.6. The van der Waals surface area contributed by atoms with Gasteiger partial charge >= 0.3 is 0 Å². The van der Waals surface area contributed by atoms with Crippen molar-refractivity contribution in [1.29, 1.82) is 0 Å². The lowest BCUT2D eigenvalue weighted by Crippen LogP contribution is -2.49. The maximum absolute atomic E-state index is 12.6. The van der Waals surface area contributed by atoms with Crippen molar-refractivity contribution in [3.63, 3.8) is 0 Å². The van der Waals surface area contributed by atoms with E-state index >= 15 is 0 Å². The average Bonchev–Trinajstić information content (AvgIpc) is 3.19. The zero-order valence-corrected chi connectivity index (χ0v) is 21.1. The summed E-state index contributed by atoms with van der Waals surface area (Å²) < 4.78 is 27.0. The zero-order valence-electron chi connectivity index (χ0n) is 18.0. The van der Waals surface area contributed by atoms with Gasteiger partial charge in [0.2, 0.25) is 15.9 Å². The van der Waals surface area contributed by atoms with Crippen molar-refractivity contribution in [3.05, 3.63) is 35.9 Å². The fourth-order valence-corrected chi connectivity index (χ4v) is 4.53. The third-order valence-corrected chi connectivity index (χ3v) is 6.57. The second-order valence-electron chi connectivity index (χ2n) is 7.67. The van der Waals surface area contributed by atoms with Gasteiger partial charge < -0.3 is 15.5 Å². The monoisotopic (exact) mass is 551 g/mol. The molecule has 0 heterocycles. The SMILES string of the molecule is CN=C(NCCS(=O)(=O)NCc1ccccc1)NCC1(C(=O)N(C)C)CCCC1.I. The van der Waals surface area contributed by atoms with E-state index in [1.165, 1.54) is 0 Å². The molecule has 8 nitrogen and oxygen atoms in total. The second-order valence-corrected chi connectivity index (χ2v) is 9.59. The van der Waals surface area contributed by atoms with Crippen LogP contribution in [0, 0.1) is 5.41 Å². The van der Waals surface area contributed by atoms with Crippen LogP contribution in [-0.2, 0) is 21.4 Å². The lowest BCUT2D eigenvalue weighted by molar-refractivity contribution is -0.138. The minimum absolute atomic E-state index is 0. The van der Waals surface area contributed by atoms with Crippen LogP contribution in [0.4, 0.5) is 0 Å². The summed E-state index contributed by atoms with van der Waals surface area (Å²) >= 11 is 0. The van der Waals surface area contributed by atoms with E-state index in [0.29, 0.717) is 12.5 Å². The number of carbonyl (C=O) groups excluding carboxylic acids is 1. The highest BCUT2D eigenvalue weighted by molar-refractivity contribution is 14.0. The maximum Gasteiger partial charge on any atom is 0.230 e. The van der Waals surface area contributed by atoms with E-state index in [1.807, 2.05) is 30.3 Å². The zero-order chi connectivity index (χ0) is 21.3. The summed E-state index contributed by atoms with van der Waals surface area (Å²) in [5, 5.41) is 6.24.